The summed E-state index contributed by atoms with van der Waals surface area (Å²) in [6.07, 6.45) is 3.86. The van der Waals surface area contributed by atoms with Crippen molar-refractivity contribution in [2.24, 2.45) is 5.41 Å². The minimum Gasteiger partial charge on any atom is -0.383 e. The third kappa shape index (κ3) is 3.80. The lowest BCUT2D eigenvalue weighted by molar-refractivity contribution is 0.197. The fraction of sp³-hybridized carbons (Fsp3) is 0.571. The Morgan fingerprint density at radius 3 is 2.76 bits per heavy atom. The number of hydrogen-bond donors (Lipinski definition) is 1. The highest BCUT2D eigenvalue weighted by molar-refractivity contribution is 9.10. The zero-order chi connectivity index (χ0) is 12.1. The van der Waals surface area contributed by atoms with Crippen LogP contribution in [-0.4, -0.2) is 26.8 Å². The molecule has 0 radical (unpaired) electrons. The number of methoxy groups -OCH3 is 1. The lowest BCUT2D eigenvalue weighted by Gasteiger charge is -2.17. The Labute approximate surface area is 112 Å². The lowest BCUT2D eigenvalue weighted by atomic mass is 9.96. The number of hydrogen-bond acceptors (Lipinski definition) is 2. The largest absolute Gasteiger partial charge is 0.383 e. The fourth-order valence-corrected chi connectivity index (χ4v) is 2.59. The van der Waals surface area contributed by atoms with E-state index in [1.807, 2.05) is 0 Å². The molecule has 0 aliphatic heterocycles. The molecule has 0 unspecified atom stereocenters. The maximum absolute atomic E-state index is 5.04. The zero-order valence-corrected chi connectivity index (χ0v) is 11.9. The van der Waals surface area contributed by atoms with Crippen LogP contribution in [0, 0.1) is 5.41 Å². The molecular weight excluding hydrogens is 278 g/mol. The van der Waals surface area contributed by atoms with Crippen molar-refractivity contribution in [1.82, 2.24) is 5.32 Å². The van der Waals surface area contributed by atoms with Crippen molar-refractivity contribution in [3.63, 3.8) is 0 Å². The molecule has 17 heavy (non-hydrogen) atoms. The maximum atomic E-state index is 5.04. The second kappa shape index (κ2) is 5.98. The summed E-state index contributed by atoms with van der Waals surface area (Å²) in [5.74, 6) is 0. The van der Waals surface area contributed by atoms with Gasteiger partial charge in [0.1, 0.15) is 0 Å². The predicted molar refractivity (Wildman–Crippen MR) is 74.3 cm³/mol. The molecule has 94 valence electrons. The molecule has 0 saturated heterocycles. The van der Waals surface area contributed by atoms with E-state index in [2.05, 4.69) is 45.5 Å². The SMILES string of the molecule is COCCNCC1(Cc2ccccc2Br)CC1. The van der Waals surface area contributed by atoms with E-state index in [1.165, 1.54) is 29.3 Å². The third-order valence-corrected chi connectivity index (χ3v) is 4.24. The molecule has 1 N–H and O–H groups in total. The van der Waals surface area contributed by atoms with Gasteiger partial charge in [0.15, 0.2) is 0 Å². The van der Waals surface area contributed by atoms with Gasteiger partial charge in [-0.2, -0.15) is 0 Å². The van der Waals surface area contributed by atoms with E-state index in [-0.39, 0.29) is 0 Å². The molecule has 0 atom stereocenters. The number of rotatable bonds is 7. The first-order valence-corrected chi connectivity index (χ1v) is 6.98. The Balaban J connectivity index is 1.84. The third-order valence-electron chi connectivity index (χ3n) is 3.46. The van der Waals surface area contributed by atoms with Crippen molar-refractivity contribution in [3.8, 4) is 0 Å². The Kier molecular flexibility index (Phi) is 4.60. The first-order chi connectivity index (χ1) is 8.26. The van der Waals surface area contributed by atoms with E-state index in [9.17, 15) is 0 Å². The van der Waals surface area contributed by atoms with E-state index in [1.54, 1.807) is 7.11 Å². The average Bonchev–Trinajstić information content (AvgIpc) is 3.08. The first-order valence-electron chi connectivity index (χ1n) is 6.19. The van der Waals surface area contributed by atoms with Gasteiger partial charge in [-0.05, 0) is 36.3 Å². The summed E-state index contributed by atoms with van der Waals surface area (Å²) in [6.45, 7) is 2.86. The molecule has 2 nitrogen and oxygen atoms in total. The molecule has 0 bridgehead atoms. The fourth-order valence-electron chi connectivity index (χ4n) is 2.17. The Morgan fingerprint density at radius 2 is 2.12 bits per heavy atom. The summed E-state index contributed by atoms with van der Waals surface area (Å²) in [5.41, 5.74) is 1.93. The van der Waals surface area contributed by atoms with Gasteiger partial charge in [-0.15, -0.1) is 0 Å². The average molecular weight is 298 g/mol. The summed E-state index contributed by atoms with van der Waals surface area (Å²) < 4.78 is 6.28. The van der Waals surface area contributed by atoms with Crippen LogP contribution < -0.4 is 5.32 Å². The highest BCUT2D eigenvalue weighted by atomic mass is 79.9. The molecule has 1 aliphatic carbocycles. The monoisotopic (exact) mass is 297 g/mol. The second-order valence-electron chi connectivity index (χ2n) is 4.94. The van der Waals surface area contributed by atoms with Crippen LogP contribution in [0.15, 0.2) is 28.7 Å². The van der Waals surface area contributed by atoms with Crippen LogP contribution in [-0.2, 0) is 11.2 Å². The Morgan fingerprint density at radius 1 is 1.35 bits per heavy atom. The normalized spacial score (nSPS) is 17.1. The van der Waals surface area contributed by atoms with Crippen LogP contribution in [0.1, 0.15) is 18.4 Å². The quantitative estimate of drug-likeness (QED) is 0.781. The predicted octanol–water partition coefficient (Wildman–Crippen LogP) is 3.01. The van der Waals surface area contributed by atoms with E-state index < -0.39 is 0 Å². The summed E-state index contributed by atoms with van der Waals surface area (Å²) >= 11 is 3.63. The molecule has 1 aliphatic rings. The smallest absolute Gasteiger partial charge is 0.0587 e. The summed E-state index contributed by atoms with van der Waals surface area (Å²) in [4.78, 5) is 0. The molecule has 1 aromatic rings. The molecule has 1 saturated carbocycles. The van der Waals surface area contributed by atoms with Crippen molar-refractivity contribution in [1.29, 1.82) is 0 Å². The number of benzene rings is 1. The van der Waals surface area contributed by atoms with Crippen molar-refractivity contribution >= 4 is 15.9 Å². The summed E-state index contributed by atoms with van der Waals surface area (Å²) in [7, 11) is 1.75. The van der Waals surface area contributed by atoms with Crippen molar-refractivity contribution in [2.75, 3.05) is 26.8 Å². The van der Waals surface area contributed by atoms with Gasteiger partial charge in [-0.3, -0.25) is 0 Å². The molecule has 1 aromatic carbocycles. The highest BCUT2D eigenvalue weighted by Crippen LogP contribution is 2.48. The number of nitrogens with one attached hydrogen (secondary N) is 1. The molecule has 0 spiro atoms. The van der Waals surface area contributed by atoms with Crippen LogP contribution >= 0.6 is 15.9 Å². The van der Waals surface area contributed by atoms with Crippen molar-refractivity contribution < 1.29 is 4.74 Å². The Hall–Kier alpha value is -0.380. The van der Waals surface area contributed by atoms with E-state index >= 15 is 0 Å². The van der Waals surface area contributed by atoms with Gasteiger partial charge in [0, 0.05) is 24.7 Å². The van der Waals surface area contributed by atoms with Gasteiger partial charge < -0.3 is 10.1 Å². The molecule has 0 amide bonds. The van der Waals surface area contributed by atoms with Crippen LogP contribution in [0.2, 0.25) is 0 Å². The van der Waals surface area contributed by atoms with Gasteiger partial charge in [0.25, 0.3) is 0 Å². The molecule has 2 rings (SSSR count). The minimum atomic E-state index is 0.498. The molecule has 0 heterocycles. The van der Waals surface area contributed by atoms with E-state index in [4.69, 9.17) is 4.74 Å². The zero-order valence-electron chi connectivity index (χ0n) is 10.3. The highest BCUT2D eigenvalue weighted by Gasteiger charge is 2.42. The topological polar surface area (TPSA) is 21.3 Å². The molecule has 0 aromatic heterocycles. The molecule has 3 heteroatoms. The molecule has 1 fully saturated rings. The first kappa shape index (κ1) is 13.1. The van der Waals surface area contributed by atoms with Crippen molar-refractivity contribution in [3.05, 3.63) is 34.3 Å². The van der Waals surface area contributed by atoms with E-state index in [0.717, 1.165) is 19.7 Å². The number of ether oxygens (including phenoxy) is 1. The maximum Gasteiger partial charge on any atom is 0.0587 e. The van der Waals surface area contributed by atoms with Crippen LogP contribution in [0.3, 0.4) is 0 Å². The summed E-state index contributed by atoms with van der Waals surface area (Å²) in [6, 6.07) is 8.54. The lowest BCUT2D eigenvalue weighted by Crippen LogP contribution is -2.28. The van der Waals surface area contributed by atoms with Gasteiger partial charge in [-0.25, -0.2) is 0 Å². The van der Waals surface area contributed by atoms with Crippen molar-refractivity contribution in [2.45, 2.75) is 19.3 Å². The minimum absolute atomic E-state index is 0.498. The van der Waals surface area contributed by atoms with Crippen LogP contribution in [0.4, 0.5) is 0 Å². The number of halogens is 1. The molecular formula is C14H20BrNO. The van der Waals surface area contributed by atoms with E-state index in [0.29, 0.717) is 5.41 Å². The van der Waals surface area contributed by atoms with Gasteiger partial charge in [0.2, 0.25) is 0 Å². The second-order valence-corrected chi connectivity index (χ2v) is 5.79. The van der Waals surface area contributed by atoms with Crippen LogP contribution in [0.5, 0.6) is 0 Å². The van der Waals surface area contributed by atoms with Gasteiger partial charge in [0.05, 0.1) is 6.61 Å². The standard InChI is InChI=1S/C14H20BrNO/c1-17-9-8-16-11-14(6-7-14)10-12-4-2-3-5-13(12)15/h2-5,16H,6-11H2,1H3. The van der Waals surface area contributed by atoms with Gasteiger partial charge in [-0.1, -0.05) is 34.1 Å². The van der Waals surface area contributed by atoms with Gasteiger partial charge >= 0.3 is 0 Å². The van der Waals surface area contributed by atoms with Crippen LogP contribution in [0.25, 0.3) is 0 Å². The Bertz CT molecular complexity index is 363. The summed E-state index contributed by atoms with van der Waals surface area (Å²) in [5, 5.41) is 3.49.